The molecule has 3 aromatic rings. The second-order valence-corrected chi connectivity index (χ2v) is 6.15. The molecule has 1 N–H and O–H groups in total. The van der Waals surface area contributed by atoms with Crippen LogP contribution in [0.3, 0.4) is 0 Å². The van der Waals surface area contributed by atoms with Gasteiger partial charge in [-0.05, 0) is 41.0 Å². The van der Waals surface area contributed by atoms with E-state index in [0.717, 1.165) is 16.3 Å². The number of fused-ring (bicyclic) bond motifs is 1. The lowest BCUT2D eigenvalue weighted by Gasteiger charge is -2.07. The quantitative estimate of drug-likeness (QED) is 0.508. The van der Waals surface area contributed by atoms with Crippen molar-refractivity contribution in [3.63, 3.8) is 0 Å². The van der Waals surface area contributed by atoms with Crippen LogP contribution in [0.4, 0.5) is 0 Å². The number of hydrogen-bond donors (Lipinski definition) is 1. The number of hydrogen-bond acceptors (Lipinski definition) is 5. The number of methoxy groups -OCH3 is 1. The maximum atomic E-state index is 12.3. The molecule has 138 valence electrons. The number of ether oxygens (including phenoxy) is 2. The maximum Gasteiger partial charge on any atom is 0.306 e. The Morgan fingerprint density at radius 2 is 1.74 bits per heavy atom. The average molecular weight is 364 g/mol. The first-order valence-electron chi connectivity index (χ1n) is 8.60. The van der Waals surface area contributed by atoms with Crippen molar-refractivity contribution in [3.05, 3.63) is 71.8 Å². The van der Waals surface area contributed by atoms with E-state index in [0.29, 0.717) is 17.7 Å². The molecule has 0 aromatic heterocycles. The Morgan fingerprint density at radius 1 is 0.963 bits per heavy atom. The van der Waals surface area contributed by atoms with E-state index in [1.54, 1.807) is 30.3 Å². The molecule has 0 aliphatic rings. The number of phenols is 1. The predicted molar refractivity (Wildman–Crippen MR) is 102 cm³/mol. The van der Waals surface area contributed by atoms with Crippen molar-refractivity contribution in [1.29, 1.82) is 0 Å². The van der Waals surface area contributed by atoms with Gasteiger partial charge in [-0.1, -0.05) is 42.5 Å². The van der Waals surface area contributed by atoms with E-state index >= 15 is 0 Å². The summed E-state index contributed by atoms with van der Waals surface area (Å²) >= 11 is 0. The van der Waals surface area contributed by atoms with Gasteiger partial charge in [-0.15, -0.1) is 0 Å². The van der Waals surface area contributed by atoms with Crippen LogP contribution in [0.1, 0.15) is 22.3 Å². The van der Waals surface area contributed by atoms with Crippen molar-refractivity contribution < 1.29 is 24.2 Å². The first-order valence-corrected chi connectivity index (χ1v) is 8.60. The fourth-order valence-corrected chi connectivity index (χ4v) is 2.80. The number of aryl methyl sites for hydroxylation is 1. The molecule has 0 saturated carbocycles. The fourth-order valence-electron chi connectivity index (χ4n) is 2.80. The summed E-state index contributed by atoms with van der Waals surface area (Å²) in [6.07, 6.45) is 0.525. The highest BCUT2D eigenvalue weighted by Crippen LogP contribution is 2.26. The first-order chi connectivity index (χ1) is 13.1. The highest BCUT2D eigenvalue weighted by atomic mass is 16.5. The molecule has 0 saturated heterocycles. The zero-order valence-electron chi connectivity index (χ0n) is 15.0. The number of rotatable bonds is 7. The van der Waals surface area contributed by atoms with Crippen molar-refractivity contribution in [1.82, 2.24) is 0 Å². The van der Waals surface area contributed by atoms with Crippen LogP contribution in [0.2, 0.25) is 0 Å². The predicted octanol–water partition coefficient (Wildman–Crippen LogP) is 3.91. The van der Waals surface area contributed by atoms with Crippen molar-refractivity contribution >= 4 is 22.5 Å². The van der Waals surface area contributed by atoms with Gasteiger partial charge in [-0.2, -0.15) is 0 Å². The van der Waals surface area contributed by atoms with Crippen molar-refractivity contribution in [3.8, 4) is 11.5 Å². The van der Waals surface area contributed by atoms with Crippen LogP contribution in [0.15, 0.2) is 60.7 Å². The Kier molecular flexibility index (Phi) is 5.71. The third-order valence-electron chi connectivity index (χ3n) is 4.30. The van der Waals surface area contributed by atoms with Gasteiger partial charge in [0.2, 0.25) is 0 Å². The van der Waals surface area contributed by atoms with Crippen LogP contribution < -0.4 is 4.74 Å². The van der Waals surface area contributed by atoms with Crippen molar-refractivity contribution in [2.24, 2.45) is 0 Å². The monoisotopic (exact) mass is 364 g/mol. The SMILES string of the molecule is COc1ccc(CCC(=O)OCC(=O)c2ccc3ccccc3c2)cc1O. The van der Waals surface area contributed by atoms with E-state index in [2.05, 4.69) is 0 Å². The average Bonchev–Trinajstić information content (AvgIpc) is 2.70. The summed E-state index contributed by atoms with van der Waals surface area (Å²) in [7, 11) is 1.47. The van der Waals surface area contributed by atoms with Crippen LogP contribution in [0, 0.1) is 0 Å². The maximum absolute atomic E-state index is 12.3. The fraction of sp³-hybridized carbons (Fsp3) is 0.182. The molecule has 0 aliphatic carbocycles. The molecular weight excluding hydrogens is 344 g/mol. The Bertz CT molecular complexity index is 977. The van der Waals surface area contributed by atoms with E-state index < -0.39 is 5.97 Å². The highest BCUT2D eigenvalue weighted by molar-refractivity contribution is 6.01. The van der Waals surface area contributed by atoms with Crippen LogP contribution in [0.5, 0.6) is 11.5 Å². The summed E-state index contributed by atoms with van der Waals surface area (Å²) in [4.78, 5) is 24.2. The molecule has 0 fully saturated rings. The van der Waals surface area contributed by atoms with E-state index in [-0.39, 0.29) is 24.6 Å². The molecule has 0 spiro atoms. The Labute approximate surface area is 157 Å². The molecule has 0 unspecified atom stereocenters. The Hall–Kier alpha value is -3.34. The van der Waals surface area contributed by atoms with E-state index in [9.17, 15) is 14.7 Å². The third-order valence-corrected chi connectivity index (χ3v) is 4.30. The number of carbonyl (C=O) groups excluding carboxylic acids is 2. The lowest BCUT2D eigenvalue weighted by atomic mass is 10.0. The van der Waals surface area contributed by atoms with Crippen molar-refractivity contribution in [2.45, 2.75) is 12.8 Å². The molecule has 0 heterocycles. The van der Waals surface area contributed by atoms with Gasteiger partial charge in [0.1, 0.15) is 0 Å². The summed E-state index contributed by atoms with van der Waals surface area (Å²) in [5.74, 6) is -0.298. The van der Waals surface area contributed by atoms with Gasteiger partial charge in [0.25, 0.3) is 0 Å². The minimum atomic E-state index is -0.459. The van der Waals surface area contributed by atoms with Gasteiger partial charge in [-0.3, -0.25) is 9.59 Å². The summed E-state index contributed by atoms with van der Waals surface area (Å²) in [6.45, 7) is -0.287. The normalized spacial score (nSPS) is 10.6. The number of Topliss-reactive ketones (excluding diaryl/α,β-unsaturated/α-hetero) is 1. The summed E-state index contributed by atoms with van der Waals surface area (Å²) in [6, 6.07) is 18.1. The minimum Gasteiger partial charge on any atom is -0.504 e. The zero-order chi connectivity index (χ0) is 19.2. The highest BCUT2D eigenvalue weighted by Gasteiger charge is 2.11. The molecular formula is C22H20O5. The first kappa shape index (κ1) is 18.5. The number of phenolic OH excluding ortho intramolecular Hbond substituents is 1. The van der Waals surface area contributed by atoms with Gasteiger partial charge in [0.05, 0.1) is 7.11 Å². The molecule has 27 heavy (non-hydrogen) atoms. The number of ketones is 1. The second kappa shape index (κ2) is 8.36. The summed E-state index contributed by atoms with van der Waals surface area (Å²) in [5, 5.41) is 11.8. The molecule has 5 heteroatoms. The van der Waals surface area contributed by atoms with Crippen LogP contribution in [-0.4, -0.2) is 30.6 Å². The Balaban J connectivity index is 1.52. The standard InChI is InChI=1S/C22H20O5/c1-26-21-10-6-15(12-19(21)23)7-11-22(25)27-14-20(24)18-9-8-16-4-2-3-5-17(16)13-18/h2-6,8-10,12-13,23H,7,11,14H2,1H3. The van der Waals surface area contributed by atoms with Crippen molar-refractivity contribution in [2.75, 3.05) is 13.7 Å². The van der Waals surface area contributed by atoms with E-state index in [1.807, 2.05) is 30.3 Å². The largest absolute Gasteiger partial charge is 0.504 e. The molecule has 0 radical (unpaired) electrons. The van der Waals surface area contributed by atoms with Gasteiger partial charge in [-0.25, -0.2) is 0 Å². The zero-order valence-corrected chi connectivity index (χ0v) is 15.0. The lowest BCUT2D eigenvalue weighted by Crippen LogP contribution is -2.14. The Morgan fingerprint density at radius 3 is 2.48 bits per heavy atom. The molecule has 5 nitrogen and oxygen atoms in total. The smallest absolute Gasteiger partial charge is 0.306 e. The molecule has 3 aromatic carbocycles. The second-order valence-electron chi connectivity index (χ2n) is 6.15. The van der Waals surface area contributed by atoms with Crippen LogP contribution >= 0.6 is 0 Å². The van der Waals surface area contributed by atoms with Gasteiger partial charge >= 0.3 is 5.97 Å². The van der Waals surface area contributed by atoms with Gasteiger partial charge in [0, 0.05) is 12.0 Å². The molecule has 3 rings (SSSR count). The number of aromatic hydroxyl groups is 1. The topological polar surface area (TPSA) is 72.8 Å². The van der Waals surface area contributed by atoms with Crippen LogP contribution in [-0.2, 0) is 16.0 Å². The lowest BCUT2D eigenvalue weighted by molar-refractivity contribution is -0.142. The molecule has 0 atom stereocenters. The molecule has 0 amide bonds. The summed E-state index contributed by atoms with van der Waals surface area (Å²) < 4.78 is 10.1. The van der Waals surface area contributed by atoms with Gasteiger partial charge in [0.15, 0.2) is 23.9 Å². The molecule has 0 bridgehead atoms. The number of benzene rings is 3. The van der Waals surface area contributed by atoms with Crippen LogP contribution in [0.25, 0.3) is 10.8 Å². The van der Waals surface area contributed by atoms with Gasteiger partial charge < -0.3 is 14.6 Å². The van der Waals surface area contributed by atoms with E-state index in [1.165, 1.54) is 7.11 Å². The molecule has 0 aliphatic heterocycles. The number of carbonyl (C=O) groups is 2. The minimum absolute atomic E-state index is 0.0230. The summed E-state index contributed by atoms with van der Waals surface area (Å²) in [5.41, 5.74) is 1.30. The third kappa shape index (κ3) is 4.64. The van der Waals surface area contributed by atoms with E-state index in [4.69, 9.17) is 9.47 Å². The number of esters is 1.